The summed E-state index contributed by atoms with van der Waals surface area (Å²) >= 11 is 0. The maximum Gasteiger partial charge on any atom is 0.306 e. The van der Waals surface area contributed by atoms with Crippen LogP contribution in [0.15, 0.2) is 134 Å². The number of rotatable bonds is 50. The molecule has 0 saturated heterocycles. The molecule has 0 bridgehead atoms. The van der Waals surface area contributed by atoms with Gasteiger partial charge in [-0.2, -0.15) is 0 Å². The fourth-order valence-corrected chi connectivity index (χ4v) is 7.41. The zero-order valence-corrected chi connectivity index (χ0v) is 45.7. The molecule has 1 atom stereocenters. The minimum Gasteiger partial charge on any atom is -0.462 e. The first-order valence-corrected chi connectivity index (χ1v) is 28.7. The molecule has 0 heterocycles. The molecule has 71 heavy (non-hydrogen) atoms. The minimum absolute atomic E-state index is 0.0972. The van der Waals surface area contributed by atoms with Crippen LogP contribution >= 0.6 is 0 Å². The lowest BCUT2D eigenvalue weighted by Gasteiger charge is -2.18. The Labute approximate surface area is 436 Å². The number of hydrogen-bond acceptors (Lipinski definition) is 6. The van der Waals surface area contributed by atoms with Crippen LogP contribution < -0.4 is 0 Å². The van der Waals surface area contributed by atoms with E-state index in [1.54, 1.807) is 0 Å². The van der Waals surface area contributed by atoms with E-state index in [0.29, 0.717) is 19.3 Å². The summed E-state index contributed by atoms with van der Waals surface area (Å²) < 4.78 is 16.8. The van der Waals surface area contributed by atoms with Gasteiger partial charge in [-0.15, -0.1) is 0 Å². The maximum atomic E-state index is 12.8. The van der Waals surface area contributed by atoms with Crippen molar-refractivity contribution < 1.29 is 28.6 Å². The van der Waals surface area contributed by atoms with Gasteiger partial charge in [0.2, 0.25) is 0 Å². The van der Waals surface area contributed by atoms with E-state index in [-0.39, 0.29) is 31.1 Å². The highest BCUT2D eigenvalue weighted by Gasteiger charge is 2.19. The van der Waals surface area contributed by atoms with Crippen LogP contribution in [-0.2, 0) is 28.6 Å². The Bertz CT molecular complexity index is 1550. The van der Waals surface area contributed by atoms with E-state index in [0.717, 1.165) is 161 Å². The summed E-state index contributed by atoms with van der Waals surface area (Å²) in [5.74, 6) is -0.949. The maximum absolute atomic E-state index is 12.8. The van der Waals surface area contributed by atoms with E-state index < -0.39 is 6.10 Å². The van der Waals surface area contributed by atoms with Crippen LogP contribution in [0, 0.1) is 0 Å². The van der Waals surface area contributed by atoms with Gasteiger partial charge in [0, 0.05) is 19.3 Å². The van der Waals surface area contributed by atoms with Crippen LogP contribution in [0.1, 0.15) is 239 Å². The molecule has 0 saturated carbocycles. The normalized spacial score (nSPS) is 13.1. The zero-order valence-electron chi connectivity index (χ0n) is 45.7. The van der Waals surface area contributed by atoms with Gasteiger partial charge in [-0.3, -0.25) is 14.4 Å². The number of ether oxygens (including phenoxy) is 3. The summed E-state index contributed by atoms with van der Waals surface area (Å²) in [4.78, 5) is 38.0. The van der Waals surface area contributed by atoms with Crippen LogP contribution in [-0.4, -0.2) is 37.2 Å². The first kappa shape index (κ1) is 66.6. The second-order valence-corrected chi connectivity index (χ2v) is 18.4. The van der Waals surface area contributed by atoms with Crippen LogP contribution in [0.25, 0.3) is 0 Å². The summed E-state index contributed by atoms with van der Waals surface area (Å²) in [7, 11) is 0. The molecule has 0 spiro atoms. The highest BCUT2D eigenvalue weighted by atomic mass is 16.6. The molecule has 0 aromatic heterocycles. The second-order valence-electron chi connectivity index (χ2n) is 18.4. The first-order chi connectivity index (χ1) is 35.0. The van der Waals surface area contributed by atoms with Crippen LogP contribution in [0.4, 0.5) is 0 Å². The quantitative estimate of drug-likeness (QED) is 0.0262. The van der Waals surface area contributed by atoms with Crippen molar-refractivity contribution in [2.45, 2.75) is 245 Å². The molecular formula is C65H104O6. The molecule has 0 rings (SSSR count). The standard InChI is InChI=1S/C65H104O6/c1-4-7-10-13-16-19-21-23-25-27-28-29-30-31-32-33-34-35-36-38-39-41-43-46-49-52-55-58-64(67)70-61-62(60-69-63(66)57-54-51-48-45-18-15-12-9-6-3)71-65(68)59-56-53-50-47-44-42-40-37-26-24-22-20-17-14-11-8-5-2/h7-8,10-11,16-17,19-20,23-26,28-29,31-32,34-35,38-40,42,62H,4-6,9,12-15,18,21-22,27,30,33,36-37,41,43-61H2,1-3H3/b10-7-,11-8-,19-16-,20-17-,25-23-,26-24-,29-28-,32-31-,35-34-,39-38-,42-40-. The zero-order chi connectivity index (χ0) is 51.4. The Kier molecular flexibility index (Phi) is 54.5. The van der Waals surface area contributed by atoms with Gasteiger partial charge in [0.25, 0.3) is 0 Å². The largest absolute Gasteiger partial charge is 0.462 e. The summed E-state index contributed by atoms with van der Waals surface area (Å²) in [5.41, 5.74) is 0. The third-order valence-electron chi connectivity index (χ3n) is 11.7. The van der Waals surface area contributed by atoms with Crippen molar-refractivity contribution in [1.29, 1.82) is 0 Å². The third kappa shape index (κ3) is 56.3. The van der Waals surface area contributed by atoms with Gasteiger partial charge in [-0.25, -0.2) is 0 Å². The molecule has 0 aromatic carbocycles. The van der Waals surface area contributed by atoms with E-state index >= 15 is 0 Å². The van der Waals surface area contributed by atoms with Crippen molar-refractivity contribution in [3.63, 3.8) is 0 Å². The average Bonchev–Trinajstić information content (AvgIpc) is 3.37. The topological polar surface area (TPSA) is 78.9 Å². The van der Waals surface area contributed by atoms with Gasteiger partial charge >= 0.3 is 17.9 Å². The molecule has 0 aliphatic heterocycles. The van der Waals surface area contributed by atoms with E-state index in [1.807, 2.05) is 0 Å². The number of esters is 3. The Morgan fingerprint density at radius 3 is 0.859 bits per heavy atom. The van der Waals surface area contributed by atoms with E-state index in [1.165, 1.54) is 38.5 Å². The molecule has 0 amide bonds. The predicted octanol–water partition coefficient (Wildman–Crippen LogP) is 19.4. The molecular weight excluding hydrogens is 877 g/mol. The Hall–Kier alpha value is -4.45. The number of unbranched alkanes of at least 4 members (excludes halogenated alkanes) is 17. The molecule has 0 fully saturated rings. The van der Waals surface area contributed by atoms with Crippen LogP contribution in [0.5, 0.6) is 0 Å². The summed E-state index contributed by atoms with van der Waals surface area (Å²) in [6, 6.07) is 0. The monoisotopic (exact) mass is 981 g/mol. The molecule has 0 aliphatic carbocycles. The first-order valence-electron chi connectivity index (χ1n) is 28.7. The van der Waals surface area contributed by atoms with E-state index in [9.17, 15) is 14.4 Å². The SMILES string of the molecule is CC/C=C\C/C=C\C/C=C\C/C=C\C/C=C\C/C=C\C/C=C\CCCCCCCC(=O)OCC(COC(=O)CCCCCCCCCCC)OC(=O)CCCCCC/C=C\C/C=C\C/C=C\C/C=C\CC. The summed E-state index contributed by atoms with van der Waals surface area (Å²) in [5, 5.41) is 0. The third-order valence-corrected chi connectivity index (χ3v) is 11.7. The van der Waals surface area contributed by atoms with Crippen molar-refractivity contribution in [1.82, 2.24) is 0 Å². The molecule has 6 heteroatoms. The lowest BCUT2D eigenvalue weighted by atomic mass is 10.1. The fourth-order valence-electron chi connectivity index (χ4n) is 7.41. The van der Waals surface area contributed by atoms with Gasteiger partial charge in [0.05, 0.1) is 0 Å². The minimum atomic E-state index is -0.802. The number of hydrogen-bond donors (Lipinski definition) is 0. The summed E-state index contributed by atoms with van der Waals surface area (Å²) in [6.07, 6.45) is 81.6. The number of carbonyl (C=O) groups is 3. The predicted molar refractivity (Wildman–Crippen MR) is 306 cm³/mol. The smallest absolute Gasteiger partial charge is 0.306 e. The Balaban J connectivity index is 4.36. The lowest BCUT2D eigenvalue weighted by molar-refractivity contribution is -0.167. The van der Waals surface area contributed by atoms with Crippen molar-refractivity contribution in [3.8, 4) is 0 Å². The Morgan fingerprint density at radius 2 is 0.549 bits per heavy atom. The van der Waals surface area contributed by atoms with Gasteiger partial charge < -0.3 is 14.2 Å². The highest BCUT2D eigenvalue weighted by molar-refractivity contribution is 5.71. The summed E-state index contributed by atoms with van der Waals surface area (Å²) in [6.45, 7) is 6.34. The van der Waals surface area contributed by atoms with Crippen LogP contribution in [0.2, 0.25) is 0 Å². The van der Waals surface area contributed by atoms with Gasteiger partial charge in [0.15, 0.2) is 6.10 Å². The molecule has 0 aliphatic rings. The molecule has 0 radical (unpaired) electrons. The highest BCUT2D eigenvalue weighted by Crippen LogP contribution is 2.13. The van der Waals surface area contributed by atoms with Crippen molar-refractivity contribution in [3.05, 3.63) is 134 Å². The molecule has 400 valence electrons. The van der Waals surface area contributed by atoms with Crippen molar-refractivity contribution >= 4 is 17.9 Å². The van der Waals surface area contributed by atoms with Crippen LogP contribution in [0.3, 0.4) is 0 Å². The number of carbonyl (C=O) groups excluding carboxylic acids is 3. The average molecular weight is 982 g/mol. The fraction of sp³-hybridized carbons (Fsp3) is 0.615. The molecule has 6 nitrogen and oxygen atoms in total. The molecule has 1 unspecified atom stereocenters. The lowest BCUT2D eigenvalue weighted by Crippen LogP contribution is -2.30. The van der Waals surface area contributed by atoms with Crippen molar-refractivity contribution in [2.24, 2.45) is 0 Å². The van der Waals surface area contributed by atoms with Crippen molar-refractivity contribution in [2.75, 3.05) is 13.2 Å². The molecule has 0 N–H and O–H groups in total. The van der Waals surface area contributed by atoms with E-state index in [2.05, 4.69) is 154 Å². The molecule has 0 aromatic rings. The number of allylic oxidation sites excluding steroid dienone is 22. The van der Waals surface area contributed by atoms with E-state index in [4.69, 9.17) is 14.2 Å². The van der Waals surface area contributed by atoms with Gasteiger partial charge in [0.1, 0.15) is 13.2 Å². The second kappa shape index (κ2) is 58.1. The Morgan fingerprint density at radius 1 is 0.296 bits per heavy atom. The van der Waals surface area contributed by atoms with Gasteiger partial charge in [-0.1, -0.05) is 238 Å². The van der Waals surface area contributed by atoms with Gasteiger partial charge in [-0.05, 0) is 116 Å².